The third-order valence-corrected chi connectivity index (χ3v) is 6.47. The summed E-state index contributed by atoms with van der Waals surface area (Å²) in [6, 6.07) is 4.82. The minimum absolute atomic E-state index is 0.273. The predicted molar refractivity (Wildman–Crippen MR) is 150 cm³/mol. The van der Waals surface area contributed by atoms with Gasteiger partial charge in [0.2, 0.25) is 0 Å². The molecular weight excluding hydrogens is 585 g/mol. The Morgan fingerprint density at radius 1 is 1.32 bits per heavy atom. The number of nitrogens with zero attached hydrogens (tertiary/aromatic N) is 5. The van der Waals surface area contributed by atoms with Crippen LogP contribution in [0, 0.1) is 9.85 Å². The number of benzene rings is 1. The number of fused-ring (bicyclic) bond motifs is 1. The number of amides is 2. The standard InChI is InChI=1S/C26H26IN7O3/c1-16(33(3)21(35)10-11-27)25-31-22(23-24(28)29-12-14-34(23)25)17-8-9-18(19(15-17)37-4)26(36)30-20-7-5-6-13-32(20)2/h5-9,12-16,20H,1-4H3,(H2,28,29)(H,30,36)/t16-,20?/m0/s1. The lowest BCUT2D eigenvalue weighted by Crippen LogP contribution is -2.43. The Bertz CT molecular complexity index is 1480. The van der Waals surface area contributed by atoms with Crippen molar-refractivity contribution in [2.75, 3.05) is 26.9 Å². The lowest BCUT2D eigenvalue weighted by Gasteiger charge is -2.27. The number of methoxy groups -OCH3 is 1. The molecule has 0 saturated carbocycles. The van der Waals surface area contributed by atoms with Crippen LogP contribution in [0.15, 0.2) is 55.0 Å². The van der Waals surface area contributed by atoms with E-state index in [1.165, 1.54) is 12.0 Å². The van der Waals surface area contributed by atoms with Gasteiger partial charge in [0.15, 0.2) is 0 Å². The Labute approximate surface area is 228 Å². The van der Waals surface area contributed by atoms with Crippen molar-refractivity contribution in [2.24, 2.45) is 0 Å². The van der Waals surface area contributed by atoms with Crippen LogP contribution in [-0.2, 0) is 4.79 Å². The first-order chi connectivity index (χ1) is 17.8. The van der Waals surface area contributed by atoms with Gasteiger partial charge in [0, 0.05) is 66.8 Å². The number of nitrogen functional groups attached to an aromatic ring is 1. The van der Waals surface area contributed by atoms with E-state index >= 15 is 0 Å². The van der Waals surface area contributed by atoms with Gasteiger partial charge in [-0.3, -0.25) is 14.0 Å². The molecule has 0 saturated heterocycles. The first kappa shape index (κ1) is 26.0. The average molecular weight is 611 g/mol. The van der Waals surface area contributed by atoms with Crippen molar-refractivity contribution in [3.05, 3.63) is 66.4 Å². The summed E-state index contributed by atoms with van der Waals surface area (Å²) >= 11 is 1.83. The van der Waals surface area contributed by atoms with Gasteiger partial charge in [-0.1, -0.05) is 12.1 Å². The first-order valence-electron chi connectivity index (χ1n) is 11.3. The van der Waals surface area contributed by atoms with Gasteiger partial charge >= 0.3 is 0 Å². The van der Waals surface area contributed by atoms with Gasteiger partial charge in [-0.2, -0.15) is 0 Å². The smallest absolute Gasteiger partial charge is 0.299 e. The highest BCUT2D eigenvalue weighted by Gasteiger charge is 2.25. The number of halogens is 1. The highest BCUT2D eigenvalue weighted by Crippen LogP contribution is 2.34. The van der Waals surface area contributed by atoms with Crippen LogP contribution in [0.25, 0.3) is 16.8 Å². The number of nitrogens with one attached hydrogen (secondary N) is 1. The van der Waals surface area contributed by atoms with E-state index in [9.17, 15) is 9.59 Å². The molecule has 37 heavy (non-hydrogen) atoms. The van der Waals surface area contributed by atoms with E-state index in [4.69, 9.17) is 15.5 Å². The molecule has 0 radical (unpaired) electrons. The number of hydrogen-bond acceptors (Lipinski definition) is 7. The van der Waals surface area contributed by atoms with Crippen molar-refractivity contribution >= 4 is 45.7 Å². The molecule has 0 bridgehead atoms. The number of allylic oxidation sites excluding steroid dienone is 2. The van der Waals surface area contributed by atoms with Gasteiger partial charge in [0.05, 0.1) is 18.7 Å². The van der Waals surface area contributed by atoms with Gasteiger partial charge < -0.3 is 25.6 Å². The van der Waals surface area contributed by atoms with E-state index in [0.29, 0.717) is 33.9 Å². The van der Waals surface area contributed by atoms with Crippen LogP contribution in [0.3, 0.4) is 0 Å². The summed E-state index contributed by atoms with van der Waals surface area (Å²) in [5.41, 5.74) is 8.48. The lowest BCUT2D eigenvalue weighted by molar-refractivity contribution is -0.125. The highest BCUT2D eigenvalue weighted by molar-refractivity contribution is 14.1. The van der Waals surface area contributed by atoms with Crippen LogP contribution < -0.4 is 15.8 Å². The Morgan fingerprint density at radius 3 is 2.81 bits per heavy atom. The van der Waals surface area contributed by atoms with E-state index in [1.807, 2.05) is 70.3 Å². The van der Waals surface area contributed by atoms with Crippen LogP contribution in [0.2, 0.25) is 0 Å². The van der Waals surface area contributed by atoms with E-state index in [-0.39, 0.29) is 23.8 Å². The number of nitrogens with two attached hydrogens (primary N) is 1. The Kier molecular flexibility index (Phi) is 7.68. The fraction of sp³-hybridized carbons (Fsp3) is 0.231. The molecule has 11 heteroatoms. The fourth-order valence-electron chi connectivity index (χ4n) is 4.03. The second-order valence-electron chi connectivity index (χ2n) is 8.39. The number of carbonyl (C=O) groups is 2. The fourth-order valence-corrected chi connectivity index (χ4v) is 4.26. The molecule has 10 nitrogen and oxygen atoms in total. The minimum atomic E-state index is -0.408. The number of anilines is 1. The quantitative estimate of drug-likeness (QED) is 0.325. The summed E-state index contributed by atoms with van der Waals surface area (Å²) < 4.78 is 10.00. The molecule has 2 amide bonds. The van der Waals surface area contributed by atoms with Crippen molar-refractivity contribution in [2.45, 2.75) is 19.1 Å². The maximum Gasteiger partial charge on any atom is 0.299 e. The number of rotatable bonds is 6. The van der Waals surface area contributed by atoms with Crippen LogP contribution in [0.4, 0.5) is 5.82 Å². The molecule has 0 spiro atoms. The molecule has 2 atom stereocenters. The molecule has 1 aliphatic rings. The molecule has 4 rings (SSSR count). The van der Waals surface area contributed by atoms with Crippen molar-refractivity contribution in [3.8, 4) is 26.9 Å². The zero-order chi connectivity index (χ0) is 26.7. The monoisotopic (exact) mass is 611 g/mol. The number of ether oxygens (including phenoxy) is 1. The van der Waals surface area contributed by atoms with E-state index in [0.717, 1.165) is 0 Å². The summed E-state index contributed by atoms with van der Waals surface area (Å²) in [6.45, 7) is 1.86. The topological polar surface area (TPSA) is 118 Å². The highest BCUT2D eigenvalue weighted by atomic mass is 127. The van der Waals surface area contributed by atoms with Gasteiger partial charge in [-0.25, -0.2) is 9.97 Å². The number of likely N-dealkylation sites (N-methyl/N-ethyl adjacent to an activating group) is 1. The molecule has 2 aromatic heterocycles. The van der Waals surface area contributed by atoms with Crippen LogP contribution >= 0.6 is 22.6 Å². The molecule has 3 heterocycles. The molecule has 3 aromatic rings. The van der Waals surface area contributed by atoms with Crippen molar-refractivity contribution in [1.29, 1.82) is 0 Å². The summed E-state index contributed by atoms with van der Waals surface area (Å²) in [5, 5.41) is 2.98. The minimum Gasteiger partial charge on any atom is -0.496 e. The van der Waals surface area contributed by atoms with E-state index in [2.05, 4.69) is 20.1 Å². The molecular formula is C26H26IN7O3. The number of aromatic nitrogens is 3. The SMILES string of the molecule is COc1cc(-c2nc([C@H](C)N(C)C(=O)C#CI)n3ccnc(N)c23)ccc1C(=O)NC1C=CC=CN1C. The summed E-state index contributed by atoms with van der Waals surface area (Å²) in [5.74, 6) is 3.20. The zero-order valence-corrected chi connectivity index (χ0v) is 22.9. The number of hydrogen-bond donors (Lipinski definition) is 2. The second-order valence-corrected chi connectivity index (χ2v) is 8.93. The molecule has 0 aliphatic carbocycles. The summed E-state index contributed by atoms with van der Waals surface area (Å²) in [6.07, 6.45) is 10.6. The van der Waals surface area contributed by atoms with Gasteiger partial charge in [0.1, 0.15) is 34.8 Å². The largest absolute Gasteiger partial charge is 0.496 e. The normalized spacial score (nSPS) is 15.2. The third-order valence-electron chi connectivity index (χ3n) is 6.20. The molecule has 1 unspecified atom stereocenters. The number of imidazole rings is 1. The molecule has 3 N–H and O–H groups in total. The molecule has 0 fully saturated rings. The first-order valence-corrected chi connectivity index (χ1v) is 12.4. The van der Waals surface area contributed by atoms with Crippen molar-refractivity contribution in [1.82, 2.24) is 29.5 Å². The zero-order valence-electron chi connectivity index (χ0n) is 20.8. The summed E-state index contributed by atoms with van der Waals surface area (Å²) in [4.78, 5) is 38.0. The predicted octanol–water partition coefficient (Wildman–Crippen LogP) is 2.97. The van der Waals surface area contributed by atoms with Gasteiger partial charge in [-0.05, 0) is 35.1 Å². The van der Waals surface area contributed by atoms with E-state index < -0.39 is 6.04 Å². The van der Waals surface area contributed by atoms with Crippen LogP contribution in [-0.4, -0.2) is 63.4 Å². The second kappa shape index (κ2) is 10.9. The van der Waals surface area contributed by atoms with E-state index in [1.54, 1.807) is 37.6 Å². The molecule has 1 aromatic carbocycles. The Morgan fingerprint density at radius 2 is 2.11 bits per heavy atom. The van der Waals surface area contributed by atoms with Crippen LogP contribution in [0.1, 0.15) is 29.1 Å². The molecule has 190 valence electrons. The average Bonchev–Trinajstić information content (AvgIpc) is 3.30. The number of carbonyl (C=O) groups excluding carboxylic acids is 2. The lowest BCUT2D eigenvalue weighted by atomic mass is 10.1. The van der Waals surface area contributed by atoms with Crippen LogP contribution in [0.5, 0.6) is 5.75 Å². The summed E-state index contributed by atoms with van der Waals surface area (Å²) in [7, 11) is 5.06. The Hall–Kier alpha value is -4.05. The Balaban J connectivity index is 1.74. The molecule has 1 aliphatic heterocycles. The maximum atomic E-state index is 13.1. The maximum absolute atomic E-state index is 13.1. The third kappa shape index (κ3) is 5.10. The van der Waals surface area contributed by atoms with Gasteiger partial charge in [0.25, 0.3) is 11.8 Å². The van der Waals surface area contributed by atoms with Crippen molar-refractivity contribution in [3.63, 3.8) is 0 Å². The van der Waals surface area contributed by atoms with Crippen molar-refractivity contribution < 1.29 is 14.3 Å². The van der Waals surface area contributed by atoms with Gasteiger partial charge in [-0.15, -0.1) is 0 Å².